The number of carbonyl (C=O) groups is 2. The van der Waals surface area contributed by atoms with Crippen LogP contribution in [-0.4, -0.2) is 18.9 Å². The van der Waals surface area contributed by atoms with Crippen molar-refractivity contribution in [2.75, 3.05) is 12.4 Å². The summed E-state index contributed by atoms with van der Waals surface area (Å²) in [5, 5.41) is 5.41. The monoisotopic (exact) mass is 302 g/mol. The Morgan fingerprint density at radius 3 is 2.59 bits per heavy atom. The normalized spacial score (nSPS) is 10.0. The summed E-state index contributed by atoms with van der Waals surface area (Å²) in [6.45, 7) is 0.319. The van der Waals surface area contributed by atoms with Crippen LogP contribution in [0.15, 0.2) is 47.1 Å². The summed E-state index contributed by atoms with van der Waals surface area (Å²) in [5.41, 5.74) is 0.589. The number of furan rings is 1. The predicted octanol–water partition coefficient (Wildman–Crippen LogP) is 2.32. The molecule has 0 bridgehead atoms. The van der Waals surface area contributed by atoms with Crippen molar-refractivity contribution in [3.8, 4) is 5.75 Å². The highest BCUT2D eigenvalue weighted by molar-refractivity contribution is 5.94. The molecule has 0 spiro atoms. The fraction of sp³-hybridized carbons (Fsp3) is 0.250. The molecule has 2 N–H and O–H groups in total. The van der Waals surface area contributed by atoms with Gasteiger partial charge in [-0.05, 0) is 24.3 Å². The maximum atomic E-state index is 11.9. The van der Waals surface area contributed by atoms with Crippen LogP contribution in [0.1, 0.15) is 18.6 Å². The summed E-state index contributed by atoms with van der Waals surface area (Å²) < 4.78 is 10.3. The minimum absolute atomic E-state index is 0.0992. The molecule has 6 heteroatoms. The van der Waals surface area contributed by atoms with Gasteiger partial charge in [0.15, 0.2) is 0 Å². The minimum atomic E-state index is -0.238. The minimum Gasteiger partial charge on any atom is -0.495 e. The van der Waals surface area contributed by atoms with Crippen LogP contribution in [0, 0.1) is 0 Å². The molecule has 2 rings (SSSR count). The summed E-state index contributed by atoms with van der Waals surface area (Å²) in [7, 11) is 1.53. The molecule has 0 aliphatic heterocycles. The summed E-state index contributed by atoms with van der Waals surface area (Å²) in [6, 6.07) is 10.6. The fourth-order valence-electron chi connectivity index (χ4n) is 1.87. The van der Waals surface area contributed by atoms with Crippen LogP contribution in [0.5, 0.6) is 5.75 Å². The van der Waals surface area contributed by atoms with E-state index in [1.54, 1.807) is 36.6 Å². The first-order valence-corrected chi connectivity index (χ1v) is 6.91. The third kappa shape index (κ3) is 4.66. The molecule has 1 aromatic carbocycles. The molecule has 1 heterocycles. The Kier molecular flexibility index (Phi) is 5.59. The maximum absolute atomic E-state index is 11.9. The topological polar surface area (TPSA) is 80.6 Å². The summed E-state index contributed by atoms with van der Waals surface area (Å²) in [5.74, 6) is 0.814. The number of carbonyl (C=O) groups excluding carboxylic acids is 2. The van der Waals surface area contributed by atoms with Crippen LogP contribution in [0.25, 0.3) is 0 Å². The largest absolute Gasteiger partial charge is 0.495 e. The highest BCUT2D eigenvalue weighted by Crippen LogP contribution is 2.23. The number of amides is 2. The second kappa shape index (κ2) is 7.87. The predicted molar refractivity (Wildman–Crippen MR) is 81.4 cm³/mol. The number of nitrogens with one attached hydrogen (secondary N) is 2. The van der Waals surface area contributed by atoms with Crippen LogP contribution in [0.4, 0.5) is 5.69 Å². The lowest BCUT2D eigenvalue weighted by Gasteiger charge is -2.09. The van der Waals surface area contributed by atoms with Crippen molar-refractivity contribution in [2.24, 2.45) is 0 Å². The van der Waals surface area contributed by atoms with Crippen molar-refractivity contribution >= 4 is 17.5 Å². The van der Waals surface area contributed by atoms with E-state index in [2.05, 4.69) is 10.6 Å². The molecule has 0 unspecified atom stereocenters. The molecule has 2 aromatic rings. The van der Waals surface area contributed by atoms with Gasteiger partial charge < -0.3 is 19.8 Å². The molecule has 0 saturated carbocycles. The molecule has 0 saturated heterocycles. The van der Waals surface area contributed by atoms with Crippen molar-refractivity contribution in [3.05, 3.63) is 48.4 Å². The van der Waals surface area contributed by atoms with Crippen LogP contribution in [0.2, 0.25) is 0 Å². The lowest BCUT2D eigenvalue weighted by molar-refractivity contribution is -0.124. The smallest absolute Gasteiger partial charge is 0.224 e. The van der Waals surface area contributed by atoms with Crippen molar-refractivity contribution in [2.45, 2.75) is 19.4 Å². The van der Waals surface area contributed by atoms with Gasteiger partial charge >= 0.3 is 0 Å². The zero-order valence-corrected chi connectivity index (χ0v) is 12.3. The standard InChI is InChI=1S/C16H18N2O4/c1-21-14-7-3-2-6-13(14)18-16(20)9-8-15(19)17-11-12-5-4-10-22-12/h2-7,10H,8-9,11H2,1H3,(H,17,19)(H,18,20). The molecule has 116 valence electrons. The molecule has 2 amide bonds. The van der Waals surface area contributed by atoms with Gasteiger partial charge in [0, 0.05) is 12.8 Å². The fourth-order valence-corrected chi connectivity index (χ4v) is 1.87. The maximum Gasteiger partial charge on any atom is 0.224 e. The molecule has 1 aromatic heterocycles. The number of hydrogen-bond acceptors (Lipinski definition) is 4. The van der Waals surface area contributed by atoms with E-state index in [4.69, 9.17) is 9.15 Å². The first-order chi connectivity index (χ1) is 10.7. The summed E-state index contributed by atoms with van der Waals surface area (Å²) in [4.78, 5) is 23.5. The van der Waals surface area contributed by atoms with E-state index in [0.717, 1.165) is 0 Å². The Morgan fingerprint density at radius 2 is 1.86 bits per heavy atom. The van der Waals surface area contributed by atoms with Gasteiger partial charge in [0.25, 0.3) is 0 Å². The number of rotatable bonds is 7. The van der Waals surface area contributed by atoms with Crippen LogP contribution < -0.4 is 15.4 Å². The Hall–Kier alpha value is -2.76. The first kappa shape index (κ1) is 15.6. The molecule has 0 radical (unpaired) electrons. The van der Waals surface area contributed by atoms with Crippen molar-refractivity contribution in [3.63, 3.8) is 0 Å². The van der Waals surface area contributed by atoms with Gasteiger partial charge in [0.05, 0.1) is 25.6 Å². The summed E-state index contributed by atoms with van der Waals surface area (Å²) >= 11 is 0. The molecule has 22 heavy (non-hydrogen) atoms. The van der Waals surface area contributed by atoms with Gasteiger partial charge in [0.2, 0.25) is 11.8 Å². The number of para-hydroxylation sites is 2. The van der Waals surface area contributed by atoms with E-state index in [-0.39, 0.29) is 24.7 Å². The first-order valence-electron chi connectivity index (χ1n) is 6.91. The average molecular weight is 302 g/mol. The quantitative estimate of drug-likeness (QED) is 0.822. The van der Waals surface area contributed by atoms with Crippen molar-refractivity contribution in [1.82, 2.24) is 5.32 Å². The highest BCUT2D eigenvalue weighted by Gasteiger charge is 2.09. The van der Waals surface area contributed by atoms with E-state index >= 15 is 0 Å². The Balaban J connectivity index is 1.74. The van der Waals surface area contributed by atoms with Crippen LogP contribution in [-0.2, 0) is 16.1 Å². The second-order valence-corrected chi connectivity index (χ2v) is 4.60. The van der Waals surface area contributed by atoms with E-state index in [1.165, 1.54) is 7.11 Å². The second-order valence-electron chi connectivity index (χ2n) is 4.60. The molecule has 0 aliphatic rings. The number of hydrogen-bond donors (Lipinski definition) is 2. The van der Waals surface area contributed by atoms with Crippen LogP contribution in [0.3, 0.4) is 0 Å². The van der Waals surface area contributed by atoms with E-state index in [9.17, 15) is 9.59 Å². The zero-order valence-electron chi connectivity index (χ0n) is 12.3. The number of ether oxygens (including phenoxy) is 1. The van der Waals surface area contributed by atoms with Gasteiger partial charge in [-0.1, -0.05) is 12.1 Å². The number of methoxy groups -OCH3 is 1. The molecule has 6 nitrogen and oxygen atoms in total. The lowest BCUT2D eigenvalue weighted by atomic mass is 10.2. The Morgan fingerprint density at radius 1 is 1.09 bits per heavy atom. The Labute approximate surface area is 128 Å². The van der Waals surface area contributed by atoms with Gasteiger partial charge in [-0.15, -0.1) is 0 Å². The molecular weight excluding hydrogens is 284 g/mol. The summed E-state index contributed by atoms with van der Waals surface area (Å²) in [6.07, 6.45) is 1.76. The van der Waals surface area contributed by atoms with Gasteiger partial charge in [0.1, 0.15) is 11.5 Å². The van der Waals surface area contributed by atoms with E-state index in [1.807, 2.05) is 6.07 Å². The van der Waals surface area contributed by atoms with Gasteiger partial charge in [-0.2, -0.15) is 0 Å². The van der Waals surface area contributed by atoms with E-state index in [0.29, 0.717) is 23.7 Å². The Bertz CT molecular complexity index is 623. The van der Waals surface area contributed by atoms with Gasteiger partial charge in [-0.3, -0.25) is 9.59 Å². The molecule has 0 atom stereocenters. The number of anilines is 1. The molecular formula is C16H18N2O4. The zero-order chi connectivity index (χ0) is 15.8. The van der Waals surface area contributed by atoms with Gasteiger partial charge in [-0.25, -0.2) is 0 Å². The van der Waals surface area contributed by atoms with Crippen LogP contribution >= 0.6 is 0 Å². The third-order valence-electron chi connectivity index (χ3n) is 3.00. The van der Waals surface area contributed by atoms with Crippen molar-refractivity contribution < 1.29 is 18.7 Å². The number of benzene rings is 1. The van der Waals surface area contributed by atoms with Crippen molar-refractivity contribution in [1.29, 1.82) is 0 Å². The van der Waals surface area contributed by atoms with E-state index < -0.39 is 0 Å². The third-order valence-corrected chi connectivity index (χ3v) is 3.00. The molecule has 0 fully saturated rings. The average Bonchev–Trinajstić information content (AvgIpc) is 3.05. The SMILES string of the molecule is COc1ccccc1NC(=O)CCC(=O)NCc1ccco1. The highest BCUT2D eigenvalue weighted by atomic mass is 16.5. The molecule has 0 aliphatic carbocycles. The lowest BCUT2D eigenvalue weighted by Crippen LogP contribution is -2.24.